The first-order valence-corrected chi connectivity index (χ1v) is 16.3. The van der Waals surface area contributed by atoms with Crippen molar-refractivity contribution in [3.8, 4) is 51.3 Å². The van der Waals surface area contributed by atoms with Gasteiger partial charge in [0, 0.05) is 22.2 Å². The summed E-state index contributed by atoms with van der Waals surface area (Å²) in [6, 6.07) is 28.3. The van der Waals surface area contributed by atoms with Crippen molar-refractivity contribution >= 4 is 52.7 Å². The number of nitrogens with zero attached hydrogens (tertiary/aromatic N) is 6. The molecule has 5 N–H and O–H groups in total. The zero-order chi connectivity index (χ0) is 30.3. The normalized spacial score (nSPS) is 11.8. The van der Waals surface area contributed by atoms with Crippen LogP contribution in [0.3, 0.4) is 0 Å². The molecule has 2 aliphatic rings. The molecule has 235 valence electrons. The average molecular weight is 729 g/mol. The molecule has 12 nitrogen and oxygen atoms in total. The van der Waals surface area contributed by atoms with Crippen molar-refractivity contribution in [2.24, 2.45) is 0 Å². The van der Waals surface area contributed by atoms with Crippen LogP contribution in [0.5, 0.6) is 5.75 Å². The summed E-state index contributed by atoms with van der Waals surface area (Å²) in [5.74, 6) is 1.80. The summed E-state index contributed by atoms with van der Waals surface area (Å²) in [4.78, 5) is 36.1. The van der Waals surface area contributed by atoms with Crippen LogP contribution < -0.4 is 10.3 Å². The van der Waals surface area contributed by atoms with Crippen molar-refractivity contribution in [1.82, 2.24) is 46.0 Å². The maximum absolute atomic E-state index is 12.1. The third-order valence-corrected chi connectivity index (χ3v) is 8.36. The van der Waals surface area contributed by atoms with Crippen molar-refractivity contribution in [2.45, 2.75) is 0 Å². The van der Waals surface area contributed by atoms with Crippen LogP contribution in [0.2, 0.25) is 0 Å². The Morgan fingerprint density at radius 3 is 1.36 bits per heavy atom. The Balaban J connectivity index is 0.00000176. The fourth-order valence-electron chi connectivity index (χ4n) is 5.83. The Morgan fingerprint density at radius 2 is 0.894 bits per heavy atom. The molecule has 0 saturated carbocycles. The van der Waals surface area contributed by atoms with Crippen LogP contribution in [0.15, 0.2) is 91.0 Å². The molecule has 0 spiro atoms. The van der Waals surface area contributed by atoms with E-state index < -0.39 is 8.59 Å². The Morgan fingerprint density at radius 1 is 0.511 bits per heavy atom. The monoisotopic (exact) mass is 728 g/mol. The van der Waals surface area contributed by atoms with Gasteiger partial charge in [0.2, 0.25) is 0 Å². The molecule has 0 amide bonds. The van der Waals surface area contributed by atoms with Crippen molar-refractivity contribution in [3.05, 3.63) is 91.0 Å². The van der Waals surface area contributed by atoms with Gasteiger partial charge in [-0.3, -0.25) is 0 Å². The number of aromatic nitrogens is 8. The number of rotatable bonds is 2. The molecule has 0 unspecified atom stereocenters. The molecular formula is C32H20Co2N9O3S. The summed E-state index contributed by atoms with van der Waals surface area (Å²) in [7, 11) is -4.16. The van der Waals surface area contributed by atoms with Gasteiger partial charge in [-0.1, -0.05) is 24.3 Å². The summed E-state index contributed by atoms with van der Waals surface area (Å²) in [5, 5.41) is 2.72. The van der Waals surface area contributed by atoms with Crippen LogP contribution in [0, 0.1) is 0 Å². The van der Waals surface area contributed by atoms with E-state index in [2.05, 4.69) is 24.6 Å². The standard InChI is InChI=1S/C32H17N8O3S.2Co.H3N/c41-44(42)43-23-15-7-14-22-24(23)32-39-30-21-13-6-5-12-20(21)28(37-30)35-26-17-9-2-1-8-16(17)25(33-26)34-27-18-10-3-4-11-19(18)29(36-27)38-31(22)40-32;;;/h1-15H,(H2,33,34,35,36,37,38,39,40);;;1H3. The van der Waals surface area contributed by atoms with E-state index in [9.17, 15) is 8.42 Å². The first-order chi connectivity index (χ1) is 21.9. The fraction of sp³-hybridized carbons (Fsp3) is 0. The molecule has 7 aromatic rings. The van der Waals surface area contributed by atoms with E-state index in [0.29, 0.717) is 56.7 Å². The van der Waals surface area contributed by atoms with Gasteiger partial charge >= 0.3 is 232 Å². The van der Waals surface area contributed by atoms with Crippen LogP contribution in [0.1, 0.15) is 0 Å². The summed E-state index contributed by atoms with van der Waals surface area (Å²) >= 11 is 3.68. The number of fused-ring (bicyclic) bond motifs is 20. The second-order valence-corrected chi connectivity index (χ2v) is 12.8. The Labute approximate surface area is 283 Å². The van der Waals surface area contributed by atoms with E-state index >= 15 is 0 Å². The molecule has 47 heavy (non-hydrogen) atoms. The maximum atomic E-state index is 12.1. The second-order valence-electron chi connectivity index (χ2n) is 10.4. The van der Waals surface area contributed by atoms with E-state index in [1.165, 1.54) is 6.07 Å². The second kappa shape index (κ2) is 11.3. The van der Waals surface area contributed by atoms with Gasteiger partial charge in [0.25, 0.3) is 0 Å². The molecule has 8 bridgehead atoms. The third kappa shape index (κ3) is 5.05. The van der Waals surface area contributed by atoms with Crippen LogP contribution >= 0.6 is 0 Å². The predicted molar refractivity (Wildman–Crippen MR) is 171 cm³/mol. The predicted octanol–water partition coefficient (Wildman–Crippen LogP) is 6.20. The van der Waals surface area contributed by atoms with Gasteiger partial charge in [-0.25, -0.2) is 0 Å². The smallest absolute Gasteiger partial charge is 0 e. The van der Waals surface area contributed by atoms with Crippen LogP contribution in [-0.2, 0) is 40.0 Å². The van der Waals surface area contributed by atoms with Gasteiger partial charge in [-0.2, -0.15) is 0 Å². The minimum Gasteiger partial charge on any atom is 0 e. The van der Waals surface area contributed by atoms with E-state index in [0.717, 1.165) is 33.0 Å². The molecule has 2 aliphatic heterocycles. The summed E-state index contributed by atoms with van der Waals surface area (Å²) in [6.45, 7) is 0. The molecule has 5 heterocycles. The van der Waals surface area contributed by atoms with Crippen molar-refractivity contribution in [1.29, 1.82) is 0 Å². The molecular weight excluding hydrogens is 708 g/mol. The largest absolute Gasteiger partial charge is 0 e. The molecule has 0 fully saturated rings. The number of nitrogens with one attached hydrogen (secondary N) is 2. The first-order valence-electron chi connectivity index (χ1n) is 13.7. The molecule has 0 aliphatic carbocycles. The topological polar surface area (TPSA) is 187 Å². The molecule has 0 saturated heterocycles. The van der Waals surface area contributed by atoms with Gasteiger partial charge in [0.15, 0.2) is 0 Å². The number of aromatic amines is 2. The van der Waals surface area contributed by atoms with Crippen LogP contribution in [0.25, 0.3) is 89.7 Å². The van der Waals surface area contributed by atoms with E-state index in [1.807, 2.05) is 72.8 Å². The average Bonchev–Trinajstić information content (AvgIpc) is 3.76. The van der Waals surface area contributed by atoms with Gasteiger partial charge in [0.05, 0.1) is 0 Å². The number of hydrogen-bond donors (Lipinski definition) is 3. The molecule has 3 aromatic heterocycles. The maximum Gasteiger partial charge on any atom is 0 e. The van der Waals surface area contributed by atoms with E-state index in [4.69, 9.17) is 34.1 Å². The summed E-state index contributed by atoms with van der Waals surface area (Å²) < 4.78 is 29.5. The summed E-state index contributed by atoms with van der Waals surface area (Å²) in [5.41, 5.74) is 5.06. The zero-order valence-electron chi connectivity index (χ0n) is 23.9. The Kier molecular flexibility index (Phi) is 7.38. The Hall–Kier alpha value is -5.04. The van der Waals surface area contributed by atoms with Gasteiger partial charge in [-0.05, 0) is 0 Å². The van der Waals surface area contributed by atoms with E-state index in [-0.39, 0.29) is 28.7 Å². The molecule has 4 aromatic carbocycles. The van der Waals surface area contributed by atoms with E-state index in [1.54, 1.807) is 12.1 Å². The molecule has 15 heteroatoms. The molecule has 1 radical (unpaired) electrons. The number of H-pyrrole nitrogens is 2. The van der Waals surface area contributed by atoms with Gasteiger partial charge in [-0.15, -0.1) is 0 Å². The quantitative estimate of drug-likeness (QED) is 0.185. The minimum atomic E-state index is -4.16. The van der Waals surface area contributed by atoms with Crippen molar-refractivity contribution in [2.75, 3.05) is 0 Å². The van der Waals surface area contributed by atoms with Gasteiger partial charge in [0.1, 0.15) is 0 Å². The van der Waals surface area contributed by atoms with Crippen molar-refractivity contribution < 1.29 is 44.0 Å². The molecule has 9 rings (SSSR count). The minimum absolute atomic E-state index is 0. The molecule has 0 atom stereocenters. The zero-order valence-corrected chi connectivity index (χ0v) is 26.7. The fourth-order valence-corrected chi connectivity index (χ4v) is 6.46. The summed E-state index contributed by atoms with van der Waals surface area (Å²) in [6.07, 6.45) is 0. The van der Waals surface area contributed by atoms with Gasteiger partial charge < -0.3 is 6.15 Å². The third-order valence-electron chi connectivity index (χ3n) is 7.73. The SMILES string of the molecule is N.O=[S](=O)([Co])Oc1cccc2c3nc4nc(nc5[nH]c(nc6nc(nc([nH]3)c12)-c1ccccc1-6)c1ccccc51)-c1ccccc1-4.[Co]. The number of benzene rings is 4. The van der Waals surface area contributed by atoms with Crippen LogP contribution in [0.4, 0.5) is 0 Å². The Bertz CT molecular complexity index is 2690. The number of hydrogen-bond acceptors (Lipinski definition) is 10. The van der Waals surface area contributed by atoms with Crippen molar-refractivity contribution in [3.63, 3.8) is 0 Å². The van der Waals surface area contributed by atoms with Crippen LogP contribution in [-0.4, -0.2) is 48.3 Å². The first kappa shape index (κ1) is 30.6.